The molecule has 0 amide bonds. The molecule has 3 rings (SSSR count). The first kappa shape index (κ1) is 14.4. The molecule has 1 aromatic rings. The fraction of sp³-hybridized carbons (Fsp3) is 0.611. The van der Waals surface area contributed by atoms with Gasteiger partial charge in [-0.05, 0) is 49.7 Å². The van der Waals surface area contributed by atoms with Crippen LogP contribution < -0.4 is 5.73 Å². The van der Waals surface area contributed by atoms with E-state index in [-0.39, 0.29) is 5.41 Å². The Morgan fingerprint density at radius 1 is 1.38 bits per heavy atom. The Hall–Kier alpha value is -1.51. The standard InChI is InChI=1S/C18H27N3/c1-14-6-5-11-21(12-14)17(19)20-13-18(9-10-18)16-8-4-3-7-15(16)2/h3-4,7-8,14H,5-6,9-13H2,1-2H3,(H2,19,20). The van der Waals surface area contributed by atoms with Crippen molar-refractivity contribution in [2.45, 2.75) is 44.9 Å². The lowest BCUT2D eigenvalue weighted by Crippen LogP contribution is -2.43. The van der Waals surface area contributed by atoms with Crippen LogP contribution in [0.25, 0.3) is 0 Å². The third-order valence-electron chi connectivity index (χ3n) is 5.09. The normalized spacial score (nSPS) is 25.0. The molecule has 0 bridgehead atoms. The number of likely N-dealkylation sites (tertiary alicyclic amines) is 1. The summed E-state index contributed by atoms with van der Waals surface area (Å²) in [4.78, 5) is 7.02. The Labute approximate surface area is 128 Å². The zero-order valence-electron chi connectivity index (χ0n) is 13.3. The molecule has 0 aromatic heterocycles. The van der Waals surface area contributed by atoms with Crippen LogP contribution in [0.1, 0.15) is 43.7 Å². The van der Waals surface area contributed by atoms with Gasteiger partial charge < -0.3 is 10.6 Å². The summed E-state index contributed by atoms with van der Waals surface area (Å²) in [6, 6.07) is 8.72. The summed E-state index contributed by atoms with van der Waals surface area (Å²) >= 11 is 0. The number of benzene rings is 1. The SMILES string of the molecule is Cc1ccccc1C1(CN=C(N)N2CCCC(C)C2)CC1. The lowest BCUT2D eigenvalue weighted by atomic mass is 9.92. The van der Waals surface area contributed by atoms with Gasteiger partial charge in [0.1, 0.15) is 0 Å². The van der Waals surface area contributed by atoms with Gasteiger partial charge >= 0.3 is 0 Å². The Bertz CT molecular complexity index is 531. The predicted molar refractivity (Wildman–Crippen MR) is 88.6 cm³/mol. The molecule has 0 spiro atoms. The van der Waals surface area contributed by atoms with E-state index in [9.17, 15) is 0 Å². The van der Waals surface area contributed by atoms with Crippen molar-refractivity contribution in [1.29, 1.82) is 0 Å². The molecule has 21 heavy (non-hydrogen) atoms. The van der Waals surface area contributed by atoms with Gasteiger partial charge in [-0.3, -0.25) is 4.99 Å². The number of hydrogen-bond acceptors (Lipinski definition) is 1. The van der Waals surface area contributed by atoms with E-state index in [1.165, 1.54) is 36.8 Å². The fourth-order valence-electron chi connectivity index (χ4n) is 3.56. The average Bonchev–Trinajstić information content (AvgIpc) is 3.26. The van der Waals surface area contributed by atoms with Gasteiger partial charge in [0.05, 0.1) is 6.54 Å². The number of piperidine rings is 1. The zero-order valence-corrected chi connectivity index (χ0v) is 13.3. The molecule has 114 valence electrons. The molecular weight excluding hydrogens is 258 g/mol. The van der Waals surface area contributed by atoms with E-state index in [4.69, 9.17) is 10.7 Å². The van der Waals surface area contributed by atoms with Gasteiger partial charge in [-0.1, -0.05) is 31.2 Å². The Balaban J connectivity index is 1.69. The maximum absolute atomic E-state index is 6.24. The van der Waals surface area contributed by atoms with Crippen LogP contribution in [0.2, 0.25) is 0 Å². The van der Waals surface area contributed by atoms with Crippen LogP contribution in [0.15, 0.2) is 29.3 Å². The van der Waals surface area contributed by atoms with Crippen molar-refractivity contribution in [3.63, 3.8) is 0 Å². The molecule has 3 nitrogen and oxygen atoms in total. The average molecular weight is 285 g/mol. The molecule has 2 fully saturated rings. The van der Waals surface area contributed by atoms with Gasteiger partial charge in [0.2, 0.25) is 0 Å². The van der Waals surface area contributed by atoms with Gasteiger partial charge in [-0.2, -0.15) is 0 Å². The Kier molecular flexibility index (Phi) is 3.92. The molecule has 1 saturated heterocycles. The smallest absolute Gasteiger partial charge is 0.191 e. The van der Waals surface area contributed by atoms with E-state index in [1.807, 2.05) is 0 Å². The Morgan fingerprint density at radius 2 is 2.14 bits per heavy atom. The highest BCUT2D eigenvalue weighted by molar-refractivity contribution is 5.78. The quantitative estimate of drug-likeness (QED) is 0.685. The number of guanidine groups is 1. The minimum absolute atomic E-state index is 0.261. The van der Waals surface area contributed by atoms with Crippen molar-refractivity contribution >= 4 is 5.96 Å². The van der Waals surface area contributed by atoms with Crippen molar-refractivity contribution in [2.75, 3.05) is 19.6 Å². The molecule has 1 unspecified atom stereocenters. The van der Waals surface area contributed by atoms with E-state index in [2.05, 4.69) is 43.0 Å². The third kappa shape index (κ3) is 3.07. The van der Waals surface area contributed by atoms with E-state index < -0.39 is 0 Å². The predicted octanol–water partition coefficient (Wildman–Crippen LogP) is 3.07. The summed E-state index contributed by atoms with van der Waals surface area (Å²) in [6.07, 6.45) is 5.04. The molecule has 1 atom stereocenters. The molecule has 0 radical (unpaired) electrons. The highest BCUT2D eigenvalue weighted by atomic mass is 15.3. The second-order valence-electron chi connectivity index (χ2n) is 6.96. The first-order valence-corrected chi connectivity index (χ1v) is 8.22. The maximum atomic E-state index is 6.24. The Morgan fingerprint density at radius 3 is 2.81 bits per heavy atom. The first-order chi connectivity index (χ1) is 10.1. The number of aliphatic imine (C=N–C) groups is 1. The van der Waals surface area contributed by atoms with E-state index in [0.717, 1.165) is 31.5 Å². The van der Waals surface area contributed by atoms with Crippen LogP contribution in [0.5, 0.6) is 0 Å². The molecule has 1 saturated carbocycles. The fourth-order valence-corrected chi connectivity index (χ4v) is 3.56. The van der Waals surface area contributed by atoms with Crippen molar-refractivity contribution < 1.29 is 0 Å². The largest absolute Gasteiger partial charge is 0.370 e. The highest BCUT2D eigenvalue weighted by Gasteiger charge is 2.44. The molecule has 3 heteroatoms. The maximum Gasteiger partial charge on any atom is 0.191 e. The van der Waals surface area contributed by atoms with Crippen molar-refractivity contribution in [1.82, 2.24) is 4.90 Å². The molecule has 2 aliphatic rings. The van der Waals surface area contributed by atoms with Crippen LogP contribution in [0, 0.1) is 12.8 Å². The molecule has 1 aliphatic heterocycles. The highest BCUT2D eigenvalue weighted by Crippen LogP contribution is 2.49. The van der Waals surface area contributed by atoms with E-state index >= 15 is 0 Å². The van der Waals surface area contributed by atoms with Crippen LogP contribution in [-0.2, 0) is 5.41 Å². The second kappa shape index (κ2) is 5.70. The van der Waals surface area contributed by atoms with Crippen LogP contribution in [0.4, 0.5) is 0 Å². The van der Waals surface area contributed by atoms with Gasteiger partial charge in [-0.25, -0.2) is 0 Å². The first-order valence-electron chi connectivity index (χ1n) is 8.22. The zero-order chi connectivity index (χ0) is 14.9. The second-order valence-corrected chi connectivity index (χ2v) is 6.96. The number of nitrogens with zero attached hydrogens (tertiary/aromatic N) is 2. The molecule has 1 aliphatic carbocycles. The summed E-state index contributed by atoms with van der Waals surface area (Å²) in [6.45, 7) is 7.47. The minimum atomic E-state index is 0.261. The summed E-state index contributed by atoms with van der Waals surface area (Å²) < 4.78 is 0. The summed E-state index contributed by atoms with van der Waals surface area (Å²) in [5.41, 5.74) is 9.35. The van der Waals surface area contributed by atoms with E-state index in [1.54, 1.807) is 0 Å². The van der Waals surface area contributed by atoms with Crippen molar-refractivity contribution in [2.24, 2.45) is 16.6 Å². The monoisotopic (exact) mass is 285 g/mol. The summed E-state index contributed by atoms with van der Waals surface area (Å²) in [7, 11) is 0. The summed E-state index contributed by atoms with van der Waals surface area (Å²) in [5.74, 6) is 1.49. The topological polar surface area (TPSA) is 41.6 Å². The van der Waals surface area contributed by atoms with Gasteiger partial charge in [0, 0.05) is 18.5 Å². The van der Waals surface area contributed by atoms with Gasteiger partial charge in [0.25, 0.3) is 0 Å². The third-order valence-corrected chi connectivity index (χ3v) is 5.09. The molecule has 2 N–H and O–H groups in total. The van der Waals surface area contributed by atoms with E-state index in [0.29, 0.717) is 0 Å². The van der Waals surface area contributed by atoms with Crippen LogP contribution in [0.3, 0.4) is 0 Å². The summed E-state index contributed by atoms with van der Waals surface area (Å²) in [5, 5.41) is 0. The minimum Gasteiger partial charge on any atom is -0.370 e. The lowest BCUT2D eigenvalue weighted by Gasteiger charge is -2.32. The number of nitrogens with two attached hydrogens (primary N) is 1. The number of aryl methyl sites for hydroxylation is 1. The molecule has 1 heterocycles. The van der Waals surface area contributed by atoms with Gasteiger partial charge in [-0.15, -0.1) is 0 Å². The van der Waals surface area contributed by atoms with Crippen LogP contribution in [-0.4, -0.2) is 30.5 Å². The van der Waals surface area contributed by atoms with Gasteiger partial charge in [0.15, 0.2) is 5.96 Å². The number of rotatable bonds is 3. The molecular formula is C18H27N3. The lowest BCUT2D eigenvalue weighted by molar-refractivity contribution is 0.270. The van der Waals surface area contributed by atoms with Crippen LogP contribution >= 0.6 is 0 Å². The van der Waals surface area contributed by atoms with Crippen molar-refractivity contribution in [3.05, 3.63) is 35.4 Å². The van der Waals surface area contributed by atoms with Crippen molar-refractivity contribution in [3.8, 4) is 0 Å². The number of hydrogen-bond donors (Lipinski definition) is 1. The molecule has 1 aromatic carbocycles.